The number of nitrogens with two attached hydrogens (primary N) is 1. The molecule has 1 aromatic heterocycles. The molecule has 88 valence electrons. The molecule has 0 aromatic carbocycles. The molecule has 1 atom stereocenters. The molecule has 1 aliphatic carbocycles. The van der Waals surface area contributed by atoms with Crippen molar-refractivity contribution >= 4 is 17.3 Å². The largest absolute Gasteiger partial charge is 0.481 e. The summed E-state index contributed by atoms with van der Waals surface area (Å²) in [5.74, 6) is -0.206. The van der Waals surface area contributed by atoms with Gasteiger partial charge in [-0.3, -0.25) is 9.78 Å². The molecule has 1 aliphatic rings. The first kappa shape index (κ1) is 11.5. The van der Waals surface area contributed by atoms with E-state index in [0.717, 1.165) is 17.7 Å². The Morgan fingerprint density at radius 1 is 1.69 bits per heavy atom. The van der Waals surface area contributed by atoms with Gasteiger partial charge in [0.1, 0.15) is 0 Å². The first-order valence-electron chi connectivity index (χ1n) is 5.47. The Morgan fingerprint density at radius 3 is 2.88 bits per heavy atom. The molecular weight excluding hydrogens is 224 g/mol. The van der Waals surface area contributed by atoms with Gasteiger partial charge < -0.3 is 10.8 Å². The number of carboxylic acid groups (broad SMARTS) is 1. The Hall–Kier alpha value is -0.940. The Kier molecular flexibility index (Phi) is 3.25. The van der Waals surface area contributed by atoms with Gasteiger partial charge in [-0.05, 0) is 12.3 Å². The van der Waals surface area contributed by atoms with Crippen LogP contribution in [0, 0.1) is 11.3 Å². The number of carboxylic acids is 1. The number of rotatable bonds is 6. The standard InChI is InChI=1S/C11H16N2O2S/c12-6-11(10(14)15,3-8-1-2-8)4-9-5-13-7-16-9/h5,7-8H,1-4,6,12H2,(H,14,15). The summed E-state index contributed by atoms with van der Waals surface area (Å²) >= 11 is 1.50. The van der Waals surface area contributed by atoms with Crippen molar-refractivity contribution in [3.05, 3.63) is 16.6 Å². The van der Waals surface area contributed by atoms with Crippen LogP contribution >= 0.6 is 11.3 Å². The average molecular weight is 240 g/mol. The molecule has 0 saturated heterocycles. The normalized spacial score (nSPS) is 19.3. The summed E-state index contributed by atoms with van der Waals surface area (Å²) in [6, 6.07) is 0. The molecule has 2 rings (SSSR count). The molecule has 0 aliphatic heterocycles. The van der Waals surface area contributed by atoms with Gasteiger partial charge in [0, 0.05) is 24.0 Å². The number of hydrogen-bond acceptors (Lipinski definition) is 4. The van der Waals surface area contributed by atoms with E-state index in [1.807, 2.05) is 0 Å². The number of thiazole rings is 1. The molecule has 1 saturated carbocycles. The van der Waals surface area contributed by atoms with Crippen molar-refractivity contribution in [2.45, 2.75) is 25.7 Å². The van der Waals surface area contributed by atoms with Crippen molar-refractivity contribution in [2.24, 2.45) is 17.1 Å². The highest BCUT2D eigenvalue weighted by Crippen LogP contribution is 2.42. The highest BCUT2D eigenvalue weighted by molar-refractivity contribution is 7.09. The molecule has 0 bridgehead atoms. The van der Waals surface area contributed by atoms with Gasteiger partial charge >= 0.3 is 5.97 Å². The summed E-state index contributed by atoms with van der Waals surface area (Å²) in [6.07, 6.45) is 5.26. The summed E-state index contributed by atoms with van der Waals surface area (Å²) in [4.78, 5) is 16.4. The molecule has 1 aromatic rings. The van der Waals surface area contributed by atoms with Crippen LogP contribution < -0.4 is 5.73 Å². The first-order valence-corrected chi connectivity index (χ1v) is 6.35. The molecular formula is C11H16N2O2S. The highest BCUT2D eigenvalue weighted by Gasteiger charge is 2.42. The molecule has 1 heterocycles. The zero-order valence-corrected chi connectivity index (χ0v) is 9.87. The maximum Gasteiger partial charge on any atom is 0.311 e. The zero-order chi connectivity index (χ0) is 11.6. The second-order valence-electron chi connectivity index (χ2n) is 4.58. The lowest BCUT2D eigenvalue weighted by atomic mass is 9.79. The molecule has 4 nitrogen and oxygen atoms in total. The quantitative estimate of drug-likeness (QED) is 0.790. The van der Waals surface area contributed by atoms with E-state index in [1.165, 1.54) is 11.3 Å². The number of aromatic nitrogens is 1. The van der Waals surface area contributed by atoms with Crippen LogP contribution in [0.1, 0.15) is 24.1 Å². The number of hydrogen-bond donors (Lipinski definition) is 2. The van der Waals surface area contributed by atoms with Gasteiger partial charge in [-0.1, -0.05) is 12.8 Å². The fraction of sp³-hybridized carbons (Fsp3) is 0.636. The Labute approximate surface area is 98.5 Å². The predicted molar refractivity (Wildman–Crippen MR) is 62.3 cm³/mol. The van der Waals surface area contributed by atoms with Crippen LogP contribution in [-0.2, 0) is 11.2 Å². The molecule has 0 radical (unpaired) electrons. The van der Waals surface area contributed by atoms with Crippen LogP contribution in [0.2, 0.25) is 0 Å². The van der Waals surface area contributed by atoms with E-state index in [-0.39, 0.29) is 6.54 Å². The van der Waals surface area contributed by atoms with Gasteiger partial charge in [-0.2, -0.15) is 0 Å². The summed E-state index contributed by atoms with van der Waals surface area (Å²) in [7, 11) is 0. The number of nitrogens with zero attached hydrogens (tertiary/aromatic N) is 1. The van der Waals surface area contributed by atoms with Gasteiger partial charge in [-0.15, -0.1) is 11.3 Å². The van der Waals surface area contributed by atoms with Gasteiger partial charge in [0.2, 0.25) is 0 Å². The topological polar surface area (TPSA) is 76.2 Å². The Bertz CT molecular complexity index is 362. The molecule has 5 heteroatoms. The SMILES string of the molecule is NCC(Cc1cncs1)(CC1CC1)C(=O)O. The summed E-state index contributed by atoms with van der Waals surface area (Å²) < 4.78 is 0. The lowest BCUT2D eigenvalue weighted by Crippen LogP contribution is -2.41. The van der Waals surface area contributed by atoms with E-state index in [0.29, 0.717) is 18.8 Å². The van der Waals surface area contributed by atoms with E-state index < -0.39 is 11.4 Å². The average Bonchev–Trinajstić information content (AvgIpc) is 2.91. The zero-order valence-electron chi connectivity index (χ0n) is 9.06. The van der Waals surface area contributed by atoms with E-state index in [2.05, 4.69) is 4.98 Å². The Balaban J connectivity index is 2.14. The van der Waals surface area contributed by atoms with Crippen molar-refractivity contribution in [1.29, 1.82) is 0 Å². The van der Waals surface area contributed by atoms with Gasteiger partial charge in [-0.25, -0.2) is 0 Å². The van der Waals surface area contributed by atoms with Crippen molar-refractivity contribution < 1.29 is 9.90 Å². The van der Waals surface area contributed by atoms with Crippen molar-refractivity contribution in [2.75, 3.05) is 6.54 Å². The third-order valence-corrected chi connectivity index (χ3v) is 4.00. The lowest BCUT2D eigenvalue weighted by molar-refractivity contribution is -0.149. The number of aliphatic carboxylic acids is 1. The maximum absolute atomic E-state index is 11.4. The van der Waals surface area contributed by atoms with Gasteiger partial charge in [0.25, 0.3) is 0 Å². The third kappa shape index (κ3) is 2.41. The molecule has 0 spiro atoms. The monoisotopic (exact) mass is 240 g/mol. The summed E-state index contributed by atoms with van der Waals surface area (Å²) in [5.41, 5.74) is 6.65. The first-order chi connectivity index (χ1) is 7.66. The van der Waals surface area contributed by atoms with E-state index in [1.54, 1.807) is 11.7 Å². The smallest absolute Gasteiger partial charge is 0.311 e. The van der Waals surface area contributed by atoms with Gasteiger partial charge in [0.15, 0.2) is 0 Å². The lowest BCUT2D eigenvalue weighted by Gasteiger charge is -2.27. The maximum atomic E-state index is 11.4. The minimum atomic E-state index is -0.784. The highest BCUT2D eigenvalue weighted by atomic mass is 32.1. The summed E-state index contributed by atoms with van der Waals surface area (Å²) in [5, 5.41) is 9.40. The van der Waals surface area contributed by atoms with Gasteiger partial charge in [0.05, 0.1) is 10.9 Å². The minimum absolute atomic E-state index is 0.205. The van der Waals surface area contributed by atoms with Crippen LogP contribution in [-0.4, -0.2) is 22.6 Å². The number of carbonyl (C=O) groups is 1. The molecule has 3 N–H and O–H groups in total. The van der Waals surface area contributed by atoms with Crippen LogP contribution in [0.3, 0.4) is 0 Å². The predicted octanol–water partition coefficient (Wildman–Crippen LogP) is 1.52. The second-order valence-corrected chi connectivity index (χ2v) is 5.55. The molecule has 0 amide bonds. The molecule has 16 heavy (non-hydrogen) atoms. The van der Waals surface area contributed by atoms with Crippen LogP contribution in [0.25, 0.3) is 0 Å². The van der Waals surface area contributed by atoms with Crippen LogP contribution in [0.4, 0.5) is 0 Å². The van der Waals surface area contributed by atoms with Crippen molar-refractivity contribution in [1.82, 2.24) is 4.98 Å². The Morgan fingerprint density at radius 2 is 2.44 bits per heavy atom. The van der Waals surface area contributed by atoms with Crippen LogP contribution in [0.15, 0.2) is 11.7 Å². The van der Waals surface area contributed by atoms with Crippen molar-refractivity contribution in [3.8, 4) is 0 Å². The summed E-state index contributed by atoms with van der Waals surface area (Å²) in [6.45, 7) is 0.205. The third-order valence-electron chi connectivity index (χ3n) is 3.22. The van der Waals surface area contributed by atoms with Crippen LogP contribution in [0.5, 0.6) is 0 Å². The molecule has 1 fully saturated rings. The minimum Gasteiger partial charge on any atom is -0.481 e. The fourth-order valence-corrected chi connectivity index (χ4v) is 2.75. The van der Waals surface area contributed by atoms with E-state index in [9.17, 15) is 9.90 Å². The second kappa shape index (κ2) is 4.51. The molecule has 1 unspecified atom stereocenters. The van der Waals surface area contributed by atoms with Crippen molar-refractivity contribution in [3.63, 3.8) is 0 Å². The van der Waals surface area contributed by atoms with E-state index >= 15 is 0 Å². The van der Waals surface area contributed by atoms with E-state index in [4.69, 9.17) is 5.73 Å². The fourth-order valence-electron chi connectivity index (χ4n) is 2.02.